The molecule has 0 aromatic heterocycles. The first kappa shape index (κ1) is 23.2. The molecule has 27 heavy (non-hydrogen) atoms. The molecule has 1 aliphatic rings. The number of esters is 1. The molecule has 1 fully saturated rings. The molecule has 0 bridgehead atoms. The molecule has 1 saturated carbocycles. The van der Waals surface area contributed by atoms with Crippen molar-refractivity contribution in [3.8, 4) is 0 Å². The molecular formula is C20H36N2O5. The van der Waals surface area contributed by atoms with Crippen LogP contribution in [0.4, 0.5) is 4.79 Å². The number of amides is 2. The number of methoxy groups -OCH3 is 1. The highest BCUT2D eigenvalue weighted by atomic mass is 16.6. The fraction of sp³-hybridized carbons (Fsp3) is 0.850. The Morgan fingerprint density at radius 1 is 0.926 bits per heavy atom. The Bertz CT molecular complexity index is 527. The lowest BCUT2D eigenvalue weighted by molar-refractivity contribution is -0.148. The quantitative estimate of drug-likeness (QED) is 0.710. The Labute approximate surface area is 162 Å². The first-order chi connectivity index (χ1) is 12.3. The van der Waals surface area contributed by atoms with Gasteiger partial charge in [0.15, 0.2) is 0 Å². The lowest BCUT2D eigenvalue weighted by Gasteiger charge is -2.34. The number of nitrogens with one attached hydrogen (secondary N) is 2. The summed E-state index contributed by atoms with van der Waals surface area (Å²) in [6.07, 6.45) is 4.25. The average molecular weight is 385 g/mol. The third-order valence-electron chi connectivity index (χ3n) is 4.67. The first-order valence-corrected chi connectivity index (χ1v) is 9.73. The molecule has 1 rings (SSSR count). The molecule has 0 heterocycles. The molecule has 0 aromatic rings. The first-order valence-electron chi connectivity index (χ1n) is 9.73. The smallest absolute Gasteiger partial charge is 0.408 e. The van der Waals surface area contributed by atoms with Gasteiger partial charge in [0, 0.05) is 0 Å². The summed E-state index contributed by atoms with van der Waals surface area (Å²) in [4.78, 5) is 37.5. The Balaban J connectivity index is 2.97. The highest BCUT2D eigenvalue weighted by Crippen LogP contribution is 2.28. The second kappa shape index (κ2) is 9.42. The fourth-order valence-electron chi connectivity index (χ4n) is 3.28. The standard InChI is InChI=1S/C20H36N2O5/c1-19(2,3)15(17(24)26-7)22-16(23)14(13-11-9-8-10-12-13)21-18(25)27-20(4,5)6/h13-15H,8-12H2,1-7H3,(H,21,25)(H,22,23)/t14-,15-/m1/s1. The maximum Gasteiger partial charge on any atom is 0.408 e. The van der Waals surface area contributed by atoms with Crippen molar-refractivity contribution in [2.75, 3.05) is 7.11 Å². The highest BCUT2D eigenvalue weighted by Gasteiger charge is 2.38. The monoisotopic (exact) mass is 384 g/mol. The molecule has 0 saturated heterocycles. The van der Waals surface area contributed by atoms with Crippen LogP contribution in [0.25, 0.3) is 0 Å². The van der Waals surface area contributed by atoms with Crippen molar-refractivity contribution in [3.05, 3.63) is 0 Å². The van der Waals surface area contributed by atoms with Crippen LogP contribution >= 0.6 is 0 Å². The zero-order chi connectivity index (χ0) is 20.8. The number of carbonyl (C=O) groups is 3. The molecule has 156 valence electrons. The number of carbonyl (C=O) groups excluding carboxylic acids is 3. The van der Waals surface area contributed by atoms with Crippen molar-refractivity contribution in [1.29, 1.82) is 0 Å². The van der Waals surface area contributed by atoms with Gasteiger partial charge in [0.2, 0.25) is 5.91 Å². The van der Waals surface area contributed by atoms with Crippen molar-refractivity contribution in [1.82, 2.24) is 10.6 Å². The van der Waals surface area contributed by atoms with Gasteiger partial charge in [0.25, 0.3) is 0 Å². The van der Waals surface area contributed by atoms with E-state index in [1.807, 2.05) is 20.8 Å². The minimum absolute atomic E-state index is 0.0181. The van der Waals surface area contributed by atoms with Crippen LogP contribution in [0.3, 0.4) is 0 Å². The summed E-state index contributed by atoms with van der Waals surface area (Å²) in [7, 11) is 1.30. The van der Waals surface area contributed by atoms with Crippen LogP contribution < -0.4 is 10.6 Å². The Hall–Kier alpha value is -1.79. The lowest BCUT2D eigenvalue weighted by atomic mass is 9.82. The normalized spacial score (nSPS) is 18.2. The number of hydrogen-bond acceptors (Lipinski definition) is 5. The second-order valence-electron chi connectivity index (χ2n) is 9.35. The van der Waals surface area contributed by atoms with Gasteiger partial charge in [-0.05, 0) is 44.9 Å². The number of hydrogen-bond donors (Lipinski definition) is 2. The zero-order valence-corrected chi connectivity index (χ0v) is 17.8. The van der Waals surface area contributed by atoms with E-state index < -0.39 is 35.2 Å². The van der Waals surface area contributed by atoms with E-state index in [1.54, 1.807) is 20.8 Å². The molecule has 0 radical (unpaired) electrons. The van der Waals surface area contributed by atoms with Gasteiger partial charge in [-0.25, -0.2) is 9.59 Å². The summed E-state index contributed by atoms with van der Waals surface area (Å²) in [6, 6.07) is -1.55. The van der Waals surface area contributed by atoms with E-state index in [0.29, 0.717) is 0 Å². The summed E-state index contributed by atoms with van der Waals surface area (Å²) < 4.78 is 10.2. The predicted octanol–water partition coefficient (Wildman–Crippen LogP) is 3.16. The summed E-state index contributed by atoms with van der Waals surface area (Å²) in [5.74, 6) is -0.863. The molecular weight excluding hydrogens is 348 g/mol. The average Bonchev–Trinajstić information content (AvgIpc) is 2.54. The van der Waals surface area contributed by atoms with Crippen LogP contribution in [-0.2, 0) is 19.1 Å². The van der Waals surface area contributed by atoms with Crippen LogP contribution in [0, 0.1) is 11.3 Å². The summed E-state index contributed by atoms with van der Waals surface area (Å²) in [5, 5.41) is 5.52. The molecule has 1 aliphatic carbocycles. The summed E-state index contributed by atoms with van der Waals surface area (Å²) in [5.41, 5.74) is -1.18. The van der Waals surface area contributed by atoms with Gasteiger partial charge < -0.3 is 20.1 Å². The van der Waals surface area contributed by atoms with Crippen LogP contribution in [-0.4, -0.2) is 42.8 Å². The number of rotatable bonds is 5. The van der Waals surface area contributed by atoms with Crippen molar-refractivity contribution in [3.63, 3.8) is 0 Å². The topological polar surface area (TPSA) is 93.7 Å². The van der Waals surface area contributed by atoms with Gasteiger partial charge in [-0.1, -0.05) is 40.0 Å². The van der Waals surface area contributed by atoms with Gasteiger partial charge in [-0.15, -0.1) is 0 Å². The molecule has 0 unspecified atom stereocenters. The Morgan fingerprint density at radius 2 is 1.48 bits per heavy atom. The molecule has 2 atom stereocenters. The molecule has 2 amide bonds. The van der Waals surface area contributed by atoms with Crippen molar-refractivity contribution in [2.45, 2.75) is 91.3 Å². The molecule has 0 aromatic carbocycles. The van der Waals surface area contributed by atoms with Gasteiger partial charge in [0.1, 0.15) is 17.7 Å². The van der Waals surface area contributed by atoms with E-state index in [9.17, 15) is 14.4 Å². The van der Waals surface area contributed by atoms with Crippen LogP contribution in [0.15, 0.2) is 0 Å². The predicted molar refractivity (Wildman–Crippen MR) is 103 cm³/mol. The van der Waals surface area contributed by atoms with Gasteiger partial charge in [0.05, 0.1) is 7.11 Å². The molecule has 2 N–H and O–H groups in total. The Morgan fingerprint density at radius 3 is 1.93 bits per heavy atom. The van der Waals surface area contributed by atoms with Gasteiger partial charge in [-0.2, -0.15) is 0 Å². The van der Waals surface area contributed by atoms with E-state index >= 15 is 0 Å². The summed E-state index contributed by atoms with van der Waals surface area (Å²) in [6.45, 7) is 10.9. The maximum atomic E-state index is 13.0. The van der Waals surface area contributed by atoms with Crippen LogP contribution in [0.1, 0.15) is 73.6 Å². The highest BCUT2D eigenvalue weighted by molar-refractivity contribution is 5.90. The third-order valence-corrected chi connectivity index (χ3v) is 4.67. The van der Waals surface area contributed by atoms with E-state index in [2.05, 4.69) is 10.6 Å². The Kier molecular flexibility index (Phi) is 8.11. The van der Waals surface area contributed by atoms with Crippen molar-refractivity contribution in [2.24, 2.45) is 11.3 Å². The maximum absolute atomic E-state index is 13.0. The van der Waals surface area contributed by atoms with Crippen LogP contribution in [0.2, 0.25) is 0 Å². The molecule has 0 spiro atoms. The molecule has 7 heteroatoms. The number of alkyl carbamates (subject to hydrolysis) is 1. The van der Waals surface area contributed by atoms with E-state index in [-0.39, 0.29) is 11.8 Å². The fourth-order valence-corrected chi connectivity index (χ4v) is 3.28. The minimum atomic E-state index is -0.804. The summed E-state index contributed by atoms with van der Waals surface area (Å²) >= 11 is 0. The van der Waals surface area contributed by atoms with E-state index in [0.717, 1.165) is 32.1 Å². The second-order valence-corrected chi connectivity index (χ2v) is 9.35. The van der Waals surface area contributed by atoms with E-state index in [4.69, 9.17) is 9.47 Å². The van der Waals surface area contributed by atoms with Crippen molar-refractivity contribution < 1.29 is 23.9 Å². The number of ether oxygens (including phenoxy) is 2. The molecule has 0 aliphatic heterocycles. The minimum Gasteiger partial charge on any atom is -0.467 e. The largest absolute Gasteiger partial charge is 0.467 e. The zero-order valence-electron chi connectivity index (χ0n) is 17.8. The van der Waals surface area contributed by atoms with Gasteiger partial charge in [-0.3, -0.25) is 4.79 Å². The van der Waals surface area contributed by atoms with Gasteiger partial charge >= 0.3 is 12.1 Å². The SMILES string of the molecule is COC(=O)[C@@H](NC(=O)[C@H](NC(=O)OC(C)(C)C)C1CCCCC1)C(C)(C)C. The van der Waals surface area contributed by atoms with Crippen LogP contribution in [0.5, 0.6) is 0 Å². The molecule has 7 nitrogen and oxygen atoms in total. The van der Waals surface area contributed by atoms with E-state index in [1.165, 1.54) is 7.11 Å². The van der Waals surface area contributed by atoms with Crippen molar-refractivity contribution >= 4 is 18.0 Å². The third kappa shape index (κ3) is 7.77. The lowest BCUT2D eigenvalue weighted by Crippen LogP contribution is -2.58.